The first-order valence-corrected chi connectivity index (χ1v) is 6.83. The molecule has 2 rings (SSSR count). The molecule has 21 heavy (non-hydrogen) atoms. The van der Waals surface area contributed by atoms with Gasteiger partial charge in [-0.05, 0) is 28.1 Å². The predicted molar refractivity (Wildman–Crippen MR) is 75.6 cm³/mol. The SMILES string of the molecule is NC(=O)C1COCCN1C(=O)c1ccc(Br)c([N+](=O)[O-])c1. The number of carbonyl (C=O) groups excluding carboxylic acids is 2. The molecule has 8 nitrogen and oxygen atoms in total. The predicted octanol–water partition coefficient (Wildman–Crippen LogP) is 0.684. The first kappa shape index (κ1) is 15.4. The van der Waals surface area contributed by atoms with Crippen LogP contribution in [0.1, 0.15) is 10.4 Å². The molecule has 1 atom stereocenters. The zero-order valence-corrected chi connectivity index (χ0v) is 12.4. The minimum atomic E-state index is -0.867. The third kappa shape index (κ3) is 3.19. The molecule has 0 aromatic heterocycles. The Morgan fingerprint density at radius 2 is 2.19 bits per heavy atom. The number of nitrogens with two attached hydrogens (primary N) is 1. The van der Waals surface area contributed by atoms with Crippen molar-refractivity contribution < 1.29 is 19.2 Å². The van der Waals surface area contributed by atoms with Crippen molar-refractivity contribution in [2.45, 2.75) is 6.04 Å². The molecule has 1 aliphatic rings. The Labute approximate surface area is 128 Å². The van der Waals surface area contributed by atoms with E-state index in [1.165, 1.54) is 23.1 Å². The van der Waals surface area contributed by atoms with Gasteiger partial charge in [-0.2, -0.15) is 0 Å². The number of morpholine rings is 1. The minimum absolute atomic E-state index is 0.0275. The van der Waals surface area contributed by atoms with Crippen LogP contribution in [0.2, 0.25) is 0 Å². The van der Waals surface area contributed by atoms with E-state index >= 15 is 0 Å². The van der Waals surface area contributed by atoms with Gasteiger partial charge in [-0.25, -0.2) is 0 Å². The molecule has 0 spiro atoms. The van der Waals surface area contributed by atoms with Gasteiger partial charge >= 0.3 is 0 Å². The molecule has 1 fully saturated rings. The number of nitrogens with zero attached hydrogens (tertiary/aromatic N) is 2. The number of halogens is 1. The van der Waals surface area contributed by atoms with Crippen LogP contribution in [0.5, 0.6) is 0 Å². The zero-order valence-electron chi connectivity index (χ0n) is 10.8. The maximum Gasteiger partial charge on any atom is 0.284 e. The van der Waals surface area contributed by atoms with Gasteiger partial charge in [0.25, 0.3) is 11.6 Å². The normalized spacial score (nSPS) is 18.3. The molecule has 1 aromatic rings. The lowest BCUT2D eigenvalue weighted by Gasteiger charge is -2.33. The van der Waals surface area contributed by atoms with E-state index in [1.807, 2.05) is 0 Å². The highest BCUT2D eigenvalue weighted by atomic mass is 79.9. The van der Waals surface area contributed by atoms with E-state index < -0.39 is 22.8 Å². The highest BCUT2D eigenvalue weighted by molar-refractivity contribution is 9.10. The number of hydrogen-bond donors (Lipinski definition) is 1. The second kappa shape index (κ2) is 6.19. The third-order valence-corrected chi connectivity index (χ3v) is 3.78. The highest BCUT2D eigenvalue weighted by Gasteiger charge is 2.32. The van der Waals surface area contributed by atoms with E-state index in [4.69, 9.17) is 10.5 Å². The van der Waals surface area contributed by atoms with Crippen molar-refractivity contribution in [3.63, 3.8) is 0 Å². The summed E-state index contributed by atoms with van der Waals surface area (Å²) in [6.07, 6.45) is 0. The summed E-state index contributed by atoms with van der Waals surface area (Å²) < 4.78 is 5.41. The number of primary amides is 1. The van der Waals surface area contributed by atoms with Crippen LogP contribution in [-0.4, -0.2) is 47.4 Å². The van der Waals surface area contributed by atoms with Crippen LogP contribution < -0.4 is 5.73 Å². The van der Waals surface area contributed by atoms with Gasteiger partial charge in [0.15, 0.2) is 0 Å². The van der Waals surface area contributed by atoms with E-state index in [0.717, 1.165) is 0 Å². The van der Waals surface area contributed by atoms with Crippen LogP contribution in [-0.2, 0) is 9.53 Å². The van der Waals surface area contributed by atoms with Crippen LogP contribution in [0.25, 0.3) is 0 Å². The molecule has 2 amide bonds. The number of amides is 2. The zero-order chi connectivity index (χ0) is 15.6. The van der Waals surface area contributed by atoms with Crippen molar-refractivity contribution in [3.05, 3.63) is 38.3 Å². The van der Waals surface area contributed by atoms with Gasteiger partial charge in [-0.3, -0.25) is 19.7 Å². The van der Waals surface area contributed by atoms with Crippen molar-refractivity contribution in [2.24, 2.45) is 5.73 Å². The van der Waals surface area contributed by atoms with E-state index in [9.17, 15) is 19.7 Å². The van der Waals surface area contributed by atoms with Crippen molar-refractivity contribution in [1.29, 1.82) is 0 Å². The smallest absolute Gasteiger partial charge is 0.284 e. The summed E-state index contributed by atoms with van der Waals surface area (Å²) in [6, 6.07) is 3.17. The summed E-state index contributed by atoms with van der Waals surface area (Å²) in [5.41, 5.74) is 5.15. The summed E-state index contributed by atoms with van der Waals surface area (Å²) in [4.78, 5) is 35.4. The summed E-state index contributed by atoms with van der Waals surface area (Å²) in [6.45, 7) is 0.518. The van der Waals surface area contributed by atoms with Crippen molar-refractivity contribution in [1.82, 2.24) is 4.90 Å². The van der Waals surface area contributed by atoms with Crippen molar-refractivity contribution in [3.8, 4) is 0 Å². The lowest BCUT2D eigenvalue weighted by molar-refractivity contribution is -0.385. The number of nitro benzene ring substituents is 1. The van der Waals surface area contributed by atoms with Crippen LogP contribution in [0, 0.1) is 10.1 Å². The standard InChI is InChI=1S/C12H12BrN3O5/c13-8-2-1-7(5-9(8)16(19)20)12(18)15-3-4-21-6-10(15)11(14)17/h1-2,5,10H,3-4,6H2,(H2,14,17). The van der Waals surface area contributed by atoms with Gasteiger partial charge in [-0.1, -0.05) is 0 Å². The van der Waals surface area contributed by atoms with E-state index in [1.54, 1.807) is 0 Å². The number of nitro groups is 1. The quantitative estimate of drug-likeness (QED) is 0.630. The average molecular weight is 358 g/mol. The van der Waals surface area contributed by atoms with Gasteiger partial charge in [0, 0.05) is 18.2 Å². The van der Waals surface area contributed by atoms with Crippen LogP contribution in [0.4, 0.5) is 5.69 Å². The summed E-state index contributed by atoms with van der Waals surface area (Å²) >= 11 is 3.05. The Balaban J connectivity index is 2.32. The third-order valence-electron chi connectivity index (χ3n) is 3.11. The Bertz CT molecular complexity index is 607. The molecule has 2 N–H and O–H groups in total. The lowest BCUT2D eigenvalue weighted by Crippen LogP contribution is -2.54. The molecule has 112 valence electrons. The fourth-order valence-corrected chi connectivity index (χ4v) is 2.43. The first-order chi connectivity index (χ1) is 9.91. The van der Waals surface area contributed by atoms with Gasteiger partial charge in [0.2, 0.25) is 5.91 Å². The van der Waals surface area contributed by atoms with Gasteiger partial charge in [0.05, 0.1) is 22.6 Å². The molecule has 1 aromatic carbocycles. The summed E-state index contributed by atoms with van der Waals surface area (Å²) in [5, 5.41) is 10.9. The maximum absolute atomic E-state index is 12.4. The van der Waals surface area contributed by atoms with Crippen LogP contribution in [0.15, 0.2) is 22.7 Å². The fraction of sp³-hybridized carbons (Fsp3) is 0.333. The van der Waals surface area contributed by atoms with E-state index in [2.05, 4.69) is 15.9 Å². The largest absolute Gasteiger partial charge is 0.377 e. The molecule has 0 bridgehead atoms. The second-order valence-electron chi connectivity index (χ2n) is 4.41. The van der Waals surface area contributed by atoms with Crippen LogP contribution in [0.3, 0.4) is 0 Å². The molecule has 1 saturated heterocycles. The Hall–Kier alpha value is -2.00. The number of hydrogen-bond acceptors (Lipinski definition) is 5. The fourth-order valence-electron chi connectivity index (χ4n) is 2.03. The Morgan fingerprint density at radius 1 is 1.48 bits per heavy atom. The number of rotatable bonds is 3. The Morgan fingerprint density at radius 3 is 2.81 bits per heavy atom. The summed E-state index contributed by atoms with van der Waals surface area (Å²) in [7, 11) is 0. The maximum atomic E-state index is 12.4. The number of carbonyl (C=O) groups is 2. The number of ether oxygens (including phenoxy) is 1. The molecule has 0 radical (unpaired) electrons. The van der Waals surface area contributed by atoms with E-state index in [-0.39, 0.29) is 35.5 Å². The van der Waals surface area contributed by atoms with Crippen molar-refractivity contribution in [2.75, 3.05) is 19.8 Å². The molecular weight excluding hydrogens is 346 g/mol. The molecule has 1 unspecified atom stereocenters. The second-order valence-corrected chi connectivity index (χ2v) is 5.27. The average Bonchev–Trinajstić information content (AvgIpc) is 2.46. The van der Waals surface area contributed by atoms with Gasteiger partial charge in [-0.15, -0.1) is 0 Å². The van der Waals surface area contributed by atoms with E-state index in [0.29, 0.717) is 0 Å². The van der Waals surface area contributed by atoms with Gasteiger partial charge < -0.3 is 15.4 Å². The minimum Gasteiger partial charge on any atom is -0.377 e. The molecule has 0 saturated carbocycles. The highest BCUT2D eigenvalue weighted by Crippen LogP contribution is 2.26. The van der Waals surface area contributed by atoms with Crippen LogP contribution >= 0.6 is 15.9 Å². The first-order valence-electron chi connectivity index (χ1n) is 6.04. The Kier molecular flexibility index (Phi) is 4.53. The molecule has 9 heteroatoms. The topological polar surface area (TPSA) is 116 Å². The van der Waals surface area contributed by atoms with Gasteiger partial charge in [0.1, 0.15) is 6.04 Å². The molecule has 1 aliphatic heterocycles. The lowest BCUT2D eigenvalue weighted by atomic mass is 10.1. The van der Waals surface area contributed by atoms with Crippen molar-refractivity contribution >= 4 is 33.4 Å². The number of benzene rings is 1. The molecule has 1 heterocycles. The molecular formula is C12H12BrN3O5. The summed E-state index contributed by atoms with van der Waals surface area (Å²) in [5.74, 6) is -1.16. The molecule has 0 aliphatic carbocycles. The monoisotopic (exact) mass is 357 g/mol.